The van der Waals surface area contributed by atoms with E-state index in [0.717, 1.165) is 42.8 Å². The molecule has 0 spiro atoms. The predicted molar refractivity (Wildman–Crippen MR) is 122 cm³/mol. The second kappa shape index (κ2) is 8.62. The predicted octanol–water partition coefficient (Wildman–Crippen LogP) is 5.08. The van der Waals surface area contributed by atoms with E-state index in [2.05, 4.69) is 44.2 Å². The number of aromatic amines is 1. The number of H-pyrrole nitrogens is 1. The number of benzene rings is 1. The van der Waals surface area contributed by atoms with Crippen LogP contribution in [0.15, 0.2) is 29.1 Å². The lowest BCUT2D eigenvalue weighted by atomic mass is 9.90. The molecule has 6 heteroatoms. The van der Waals surface area contributed by atoms with Crippen molar-refractivity contribution in [1.82, 2.24) is 10.3 Å². The zero-order valence-corrected chi connectivity index (χ0v) is 19.5. The van der Waals surface area contributed by atoms with Gasteiger partial charge in [0.25, 0.3) is 0 Å². The Labute approximate surface area is 175 Å². The van der Waals surface area contributed by atoms with Crippen molar-refractivity contribution in [2.24, 2.45) is 5.92 Å². The van der Waals surface area contributed by atoms with Crippen molar-refractivity contribution in [3.8, 4) is 5.75 Å². The lowest BCUT2D eigenvalue weighted by Gasteiger charge is -2.40. The molecule has 1 aliphatic heterocycles. The summed E-state index contributed by atoms with van der Waals surface area (Å²) >= 11 is 0. The molecular formula is C23H36N2O3Si. The van der Waals surface area contributed by atoms with Crippen LogP contribution >= 0.6 is 0 Å². The molecule has 3 N–H and O–H groups in total. The van der Waals surface area contributed by atoms with Gasteiger partial charge in [-0.3, -0.25) is 4.79 Å². The van der Waals surface area contributed by atoms with Gasteiger partial charge in [-0.2, -0.15) is 0 Å². The molecule has 1 fully saturated rings. The maximum absolute atomic E-state index is 11.8. The second-order valence-corrected chi connectivity index (χ2v) is 14.7. The topological polar surface area (TPSA) is 74.3 Å². The fraction of sp³-hybridized carbons (Fsp3) is 0.609. The molecule has 0 radical (unpaired) electrons. The summed E-state index contributed by atoms with van der Waals surface area (Å²) in [5.74, 6) is 0.829. The van der Waals surface area contributed by atoms with Gasteiger partial charge < -0.3 is 19.8 Å². The minimum Gasteiger partial charge on any atom is -0.506 e. The maximum atomic E-state index is 11.8. The van der Waals surface area contributed by atoms with Crippen LogP contribution in [0.1, 0.15) is 58.1 Å². The van der Waals surface area contributed by atoms with E-state index in [1.165, 1.54) is 18.9 Å². The Morgan fingerprint density at radius 3 is 2.52 bits per heavy atom. The van der Waals surface area contributed by atoms with Gasteiger partial charge in [0.05, 0.1) is 11.6 Å². The Morgan fingerprint density at radius 2 is 1.86 bits per heavy atom. The van der Waals surface area contributed by atoms with Gasteiger partial charge in [0, 0.05) is 11.5 Å². The quantitative estimate of drug-likeness (QED) is 0.574. The van der Waals surface area contributed by atoms with Gasteiger partial charge in [-0.05, 0) is 80.5 Å². The van der Waals surface area contributed by atoms with Gasteiger partial charge in [0.15, 0.2) is 8.32 Å². The summed E-state index contributed by atoms with van der Waals surface area (Å²) in [7, 11) is -2.00. The van der Waals surface area contributed by atoms with Crippen molar-refractivity contribution in [3.05, 3.63) is 40.2 Å². The van der Waals surface area contributed by atoms with Crippen molar-refractivity contribution in [2.45, 2.75) is 70.7 Å². The number of hydrogen-bond donors (Lipinski definition) is 3. The number of phenolic OH excluding ortho intramolecular Hbond substituents is 1. The molecule has 160 valence electrons. The third kappa shape index (κ3) is 5.11. The summed E-state index contributed by atoms with van der Waals surface area (Å²) in [5.41, 5.74) is 1.36. The molecule has 1 atom stereocenters. The normalized spacial score (nSPS) is 17.6. The fourth-order valence-corrected chi connectivity index (χ4v) is 5.22. The van der Waals surface area contributed by atoms with E-state index in [-0.39, 0.29) is 22.5 Å². The van der Waals surface area contributed by atoms with E-state index in [1.807, 2.05) is 12.1 Å². The van der Waals surface area contributed by atoms with Crippen LogP contribution in [0.25, 0.3) is 10.9 Å². The minimum atomic E-state index is -2.00. The molecule has 0 unspecified atom stereocenters. The highest BCUT2D eigenvalue weighted by molar-refractivity contribution is 6.74. The molecule has 1 aromatic heterocycles. The van der Waals surface area contributed by atoms with Crippen molar-refractivity contribution >= 4 is 19.2 Å². The first-order chi connectivity index (χ1) is 13.6. The standard InChI is InChI=1S/C23H36N2O3Si/c1-23(2,3)29(4,5)28-20(10-6-16-12-14-24-15-13-16)17-7-9-19(26)22-18(17)8-11-21(27)25-22/h7-9,11,16,20,24,26H,6,10,12-15H2,1-5H3,(H,25,27)/t20-/m1/s1. The third-order valence-electron chi connectivity index (χ3n) is 6.79. The Hall–Kier alpha value is -1.63. The van der Waals surface area contributed by atoms with Gasteiger partial charge in [0.1, 0.15) is 5.75 Å². The van der Waals surface area contributed by atoms with Gasteiger partial charge in [0.2, 0.25) is 5.56 Å². The molecule has 0 bridgehead atoms. The summed E-state index contributed by atoms with van der Waals surface area (Å²) in [6.45, 7) is 13.5. The van der Waals surface area contributed by atoms with E-state index in [4.69, 9.17) is 4.43 Å². The molecule has 0 aliphatic carbocycles. The van der Waals surface area contributed by atoms with Crippen LogP contribution in [0.4, 0.5) is 0 Å². The molecule has 29 heavy (non-hydrogen) atoms. The summed E-state index contributed by atoms with van der Waals surface area (Å²) in [4.78, 5) is 14.6. The first-order valence-corrected chi connectivity index (χ1v) is 13.7. The number of aromatic hydroxyl groups is 1. The lowest BCUT2D eigenvalue weighted by molar-refractivity contribution is 0.160. The summed E-state index contributed by atoms with van der Waals surface area (Å²) < 4.78 is 6.91. The highest BCUT2D eigenvalue weighted by atomic mass is 28.4. The van der Waals surface area contributed by atoms with E-state index in [9.17, 15) is 9.90 Å². The zero-order valence-electron chi connectivity index (χ0n) is 18.5. The Kier molecular flexibility index (Phi) is 6.56. The van der Waals surface area contributed by atoms with Crippen LogP contribution in [0.3, 0.4) is 0 Å². The number of fused-ring (bicyclic) bond motifs is 1. The average Bonchev–Trinajstić information content (AvgIpc) is 2.66. The third-order valence-corrected chi connectivity index (χ3v) is 11.3. The van der Waals surface area contributed by atoms with Crippen LogP contribution in [0.2, 0.25) is 18.1 Å². The van der Waals surface area contributed by atoms with Gasteiger partial charge in [-0.1, -0.05) is 26.8 Å². The Balaban J connectivity index is 1.97. The van der Waals surface area contributed by atoms with Crippen molar-refractivity contribution < 1.29 is 9.53 Å². The number of hydrogen-bond acceptors (Lipinski definition) is 4. The number of pyridine rings is 1. The van der Waals surface area contributed by atoms with Gasteiger partial charge in [-0.25, -0.2) is 0 Å². The van der Waals surface area contributed by atoms with Crippen LogP contribution in [0.5, 0.6) is 5.75 Å². The fourth-order valence-electron chi connectivity index (χ4n) is 3.91. The number of aromatic nitrogens is 1. The van der Waals surface area contributed by atoms with E-state index in [0.29, 0.717) is 5.52 Å². The van der Waals surface area contributed by atoms with Crippen molar-refractivity contribution in [2.75, 3.05) is 13.1 Å². The number of nitrogens with one attached hydrogen (secondary N) is 2. The number of phenols is 1. The molecule has 3 rings (SSSR count). The first-order valence-electron chi connectivity index (χ1n) is 10.8. The Morgan fingerprint density at radius 1 is 1.17 bits per heavy atom. The zero-order chi connectivity index (χ0) is 21.2. The molecule has 5 nitrogen and oxygen atoms in total. The SMILES string of the molecule is CC(C)(C)[Si](C)(C)O[C@H](CCC1CCNCC1)c1ccc(O)c2[nH]c(=O)ccc12. The first kappa shape index (κ1) is 22.1. The van der Waals surface area contributed by atoms with Gasteiger partial charge >= 0.3 is 0 Å². The molecule has 1 aromatic carbocycles. The summed E-state index contributed by atoms with van der Waals surface area (Å²) in [6.07, 6.45) is 4.48. The van der Waals surface area contributed by atoms with Gasteiger partial charge in [-0.15, -0.1) is 0 Å². The smallest absolute Gasteiger partial charge is 0.248 e. The van der Waals surface area contributed by atoms with E-state index in [1.54, 1.807) is 6.07 Å². The molecule has 2 aromatic rings. The number of piperidine rings is 1. The van der Waals surface area contributed by atoms with E-state index < -0.39 is 8.32 Å². The lowest BCUT2D eigenvalue weighted by Crippen LogP contribution is -2.42. The van der Waals surface area contributed by atoms with Crippen molar-refractivity contribution in [3.63, 3.8) is 0 Å². The largest absolute Gasteiger partial charge is 0.506 e. The Bertz CT molecular complexity index is 895. The monoisotopic (exact) mass is 416 g/mol. The summed E-state index contributed by atoms with van der Waals surface area (Å²) in [6, 6.07) is 6.99. The molecular weight excluding hydrogens is 380 g/mol. The maximum Gasteiger partial charge on any atom is 0.248 e. The average molecular weight is 417 g/mol. The van der Waals surface area contributed by atoms with E-state index >= 15 is 0 Å². The highest BCUT2D eigenvalue weighted by Gasteiger charge is 2.39. The molecule has 2 heterocycles. The van der Waals surface area contributed by atoms with Crippen LogP contribution < -0.4 is 10.9 Å². The molecule has 1 saturated heterocycles. The van der Waals surface area contributed by atoms with Crippen molar-refractivity contribution in [1.29, 1.82) is 0 Å². The molecule has 0 saturated carbocycles. The summed E-state index contributed by atoms with van der Waals surface area (Å²) in [5, 5.41) is 14.7. The second-order valence-electron chi connectivity index (χ2n) is 9.92. The number of rotatable bonds is 6. The van der Waals surface area contributed by atoms with Crippen LogP contribution in [-0.2, 0) is 4.43 Å². The molecule has 0 amide bonds. The minimum absolute atomic E-state index is 0.0419. The molecule has 1 aliphatic rings. The highest BCUT2D eigenvalue weighted by Crippen LogP contribution is 2.43. The van der Waals surface area contributed by atoms with Crippen LogP contribution in [0, 0.1) is 5.92 Å². The van der Waals surface area contributed by atoms with Crippen LogP contribution in [-0.4, -0.2) is 31.5 Å².